The molecule has 0 aliphatic rings. The average Bonchev–Trinajstić information content (AvgIpc) is 2.23. The number of anilines is 2. The van der Waals surface area contributed by atoms with E-state index in [0.717, 1.165) is 19.4 Å². The first-order chi connectivity index (χ1) is 7.63. The molecule has 6 heteroatoms. The van der Waals surface area contributed by atoms with Crippen LogP contribution in [0.1, 0.15) is 19.8 Å². The van der Waals surface area contributed by atoms with Crippen molar-refractivity contribution < 1.29 is 4.79 Å². The zero-order chi connectivity index (χ0) is 12.0. The lowest BCUT2D eigenvalue weighted by Crippen LogP contribution is -2.35. The lowest BCUT2D eigenvalue weighted by Gasteiger charge is -2.21. The first-order valence-corrected chi connectivity index (χ1v) is 5.25. The molecule has 0 radical (unpaired) electrons. The van der Waals surface area contributed by atoms with E-state index in [1.54, 1.807) is 12.3 Å². The summed E-state index contributed by atoms with van der Waals surface area (Å²) in [5.41, 5.74) is 10.7. The smallest absolute Gasteiger partial charge is 0.236 e. The van der Waals surface area contributed by atoms with Gasteiger partial charge in [-0.25, -0.2) is 4.98 Å². The van der Waals surface area contributed by atoms with Crippen molar-refractivity contribution in [1.29, 1.82) is 0 Å². The van der Waals surface area contributed by atoms with Crippen molar-refractivity contribution in [2.45, 2.75) is 19.8 Å². The van der Waals surface area contributed by atoms with Gasteiger partial charge in [-0.3, -0.25) is 4.79 Å². The first kappa shape index (κ1) is 12.2. The summed E-state index contributed by atoms with van der Waals surface area (Å²) in [6.07, 6.45) is 3.57. The number of nitrogens with two attached hydrogens (primary N) is 2. The number of hydrogen-bond acceptors (Lipinski definition) is 5. The van der Waals surface area contributed by atoms with Crippen molar-refractivity contribution in [3.63, 3.8) is 0 Å². The van der Waals surface area contributed by atoms with Gasteiger partial charge in [0.1, 0.15) is 5.82 Å². The fraction of sp³-hybridized carbons (Fsp3) is 0.500. The molecule has 0 fully saturated rings. The minimum atomic E-state index is -0.381. The predicted octanol–water partition coefficient (Wildman–Crippen LogP) is 0.151. The molecule has 0 atom stereocenters. The molecule has 0 bridgehead atoms. The third-order valence-electron chi connectivity index (χ3n) is 2.11. The maximum atomic E-state index is 10.9. The van der Waals surface area contributed by atoms with Gasteiger partial charge in [0.25, 0.3) is 0 Å². The molecule has 1 aromatic heterocycles. The highest BCUT2D eigenvalue weighted by molar-refractivity contribution is 5.79. The van der Waals surface area contributed by atoms with Gasteiger partial charge >= 0.3 is 0 Å². The van der Waals surface area contributed by atoms with Crippen molar-refractivity contribution in [3.05, 3.63) is 12.3 Å². The molecule has 0 aliphatic heterocycles. The summed E-state index contributed by atoms with van der Waals surface area (Å²) in [6, 6.07) is 1.72. The average molecular weight is 223 g/mol. The Balaban J connectivity index is 2.78. The number of carbonyl (C=O) groups excluding carboxylic acids is 1. The van der Waals surface area contributed by atoms with Gasteiger partial charge in [-0.05, 0) is 12.5 Å². The summed E-state index contributed by atoms with van der Waals surface area (Å²) in [7, 11) is 0. The van der Waals surface area contributed by atoms with E-state index in [4.69, 9.17) is 11.5 Å². The van der Waals surface area contributed by atoms with Crippen LogP contribution in [0.15, 0.2) is 12.3 Å². The van der Waals surface area contributed by atoms with Crippen LogP contribution >= 0.6 is 0 Å². The number of unbranched alkanes of at least 4 members (excludes halogenated alkanes) is 1. The van der Waals surface area contributed by atoms with Gasteiger partial charge in [0.2, 0.25) is 11.9 Å². The summed E-state index contributed by atoms with van der Waals surface area (Å²) >= 11 is 0. The molecule has 1 rings (SSSR count). The third-order valence-corrected chi connectivity index (χ3v) is 2.11. The van der Waals surface area contributed by atoms with Crippen molar-refractivity contribution >= 4 is 17.7 Å². The van der Waals surface area contributed by atoms with Gasteiger partial charge in [0, 0.05) is 12.7 Å². The largest absolute Gasteiger partial charge is 0.368 e. The highest BCUT2D eigenvalue weighted by atomic mass is 16.1. The highest BCUT2D eigenvalue weighted by Gasteiger charge is 2.10. The van der Waals surface area contributed by atoms with Gasteiger partial charge < -0.3 is 16.4 Å². The number of hydrogen-bond donors (Lipinski definition) is 2. The van der Waals surface area contributed by atoms with Crippen molar-refractivity contribution in [1.82, 2.24) is 9.97 Å². The molecule has 1 aromatic rings. The summed E-state index contributed by atoms with van der Waals surface area (Å²) in [5.74, 6) is 0.455. The molecule has 1 heterocycles. The standard InChI is InChI=1S/C10H17N5O/c1-2-3-6-15(7-8(11)16)9-4-5-13-10(12)14-9/h4-5H,2-3,6-7H2,1H3,(H2,11,16)(H2,12,13,14). The normalized spacial score (nSPS) is 10.1. The van der Waals surface area contributed by atoms with Crippen molar-refractivity contribution in [3.8, 4) is 0 Å². The summed E-state index contributed by atoms with van der Waals surface area (Å²) in [6.45, 7) is 2.96. The Morgan fingerprint density at radius 3 is 2.88 bits per heavy atom. The second-order valence-electron chi connectivity index (χ2n) is 3.51. The van der Waals surface area contributed by atoms with Crippen LogP contribution in [0.2, 0.25) is 0 Å². The second-order valence-corrected chi connectivity index (χ2v) is 3.51. The Kier molecular flexibility index (Phi) is 4.50. The van der Waals surface area contributed by atoms with Crippen molar-refractivity contribution in [2.75, 3.05) is 23.7 Å². The van der Waals surface area contributed by atoms with E-state index in [0.29, 0.717) is 5.82 Å². The van der Waals surface area contributed by atoms with E-state index in [-0.39, 0.29) is 18.4 Å². The Labute approximate surface area is 94.7 Å². The third kappa shape index (κ3) is 3.72. The molecule has 0 aromatic carbocycles. The lowest BCUT2D eigenvalue weighted by molar-refractivity contribution is -0.116. The van der Waals surface area contributed by atoms with Crippen LogP contribution in [-0.4, -0.2) is 29.0 Å². The number of aromatic nitrogens is 2. The van der Waals surface area contributed by atoms with Crippen LogP contribution in [-0.2, 0) is 4.79 Å². The molecule has 0 spiro atoms. The van der Waals surface area contributed by atoms with Gasteiger partial charge in [-0.2, -0.15) is 4.98 Å². The van der Waals surface area contributed by atoms with Crippen molar-refractivity contribution in [2.24, 2.45) is 5.73 Å². The molecule has 16 heavy (non-hydrogen) atoms. The quantitative estimate of drug-likeness (QED) is 0.715. The maximum absolute atomic E-state index is 10.9. The van der Waals surface area contributed by atoms with E-state index < -0.39 is 0 Å². The van der Waals surface area contributed by atoms with Crippen LogP contribution in [0, 0.1) is 0 Å². The maximum Gasteiger partial charge on any atom is 0.236 e. The number of nitrogen functional groups attached to an aromatic ring is 1. The van der Waals surface area contributed by atoms with E-state index in [1.165, 1.54) is 0 Å². The van der Waals surface area contributed by atoms with Crippen LogP contribution in [0.25, 0.3) is 0 Å². The number of amides is 1. The SMILES string of the molecule is CCCCN(CC(N)=O)c1ccnc(N)n1. The monoisotopic (exact) mass is 223 g/mol. The number of carbonyl (C=O) groups is 1. The Morgan fingerprint density at radius 1 is 1.56 bits per heavy atom. The molecule has 88 valence electrons. The molecule has 4 N–H and O–H groups in total. The Hall–Kier alpha value is -1.85. The number of rotatable bonds is 6. The Morgan fingerprint density at radius 2 is 2.31 bits per heavy atom. The van der Waals surface area contributed by atoms with Crippen LogP contribution in [0.3, 0.4) is 0 Å². The van der Waals surface area contributed by atoms with Gasteiger partial charge in [-0.1, -0.05) is 13.3 Å². The highest BCUT2D eigenvalue weighted by Crippen LogP contribution is 2.11. The predicted molar refractivity (Wildman–Crippen MR) is 62.8 cm³/mol. The number of nitrogens with zero attached hydrogens (tertiary/aromatic N) is 3. The second kappa shape index (κ2) is 5.89. The molecule has 0 saturated heterocycles. The fourth-order valence-electron chi connectivity index (χ4n) is 1.35. The lowest BCUT2D eigenvalue weighted by atomic mass is 10.3. The van der Waals surface area contributed by atoms with Gasteiger partial charge in [0.05, 0.1) is 6.54 Å². The van der Waals surface area contributed by atoms with Crippen LogP contribution in [0.5, 0.6) is 0 Å². The van der Waals surface area contributed by atoms with E-state index in [1.807, 2.05) is 4.90 Å². The molecule has 0 saturated carbocycles. The van der Waals surface area contributed by atoms with E-state index in [9.17, 15) is 4.79 Å². The zero-order valence-electron chi connectivity index (χ0n) is 9.39. The first-order valence-electron chi connectivity index (χ1n) is 5.25. The molecule has 0 unspecified atom stereocenters. The summed E-state index contributed by atoms with van der Waals surface area (Å²) in [4.78, 5) is 20.6. The molecule has 6 nitrogen and oxygen atoms in total. The summed E-state index contributed by atoms with van der Waals surface area (Å²) in [5, 5.41) is 0. The molecule has 1 amide bonds. The van der Waals surface area contributed by atoms with E-state index >= 15 is 0 Å². The van der Waals surface area contributed by atoms with Gasteiger partial charge in [-0.15, -0.1) is 0 Å². The molecule has 0 aliphatic carbocycles. The van der Waals surface area contributed by atoms with Crippen LogP contribution < -0.4 is 16.4 Å². The van der Waals surface area contributed by atoms with Gasteiger partial charge in [0.15, 0.2) is 0 Å². The van der Waals surface area contributed by atoms with Crippen LogP contribution in [0.4, 0.5) is 11.8 Å². The summed E-state index contributed by atoms with van der Waals surface area (Å²) < 4.78 is 0. The van der Waals surface area contributed by atoms with E-state index in [2.05, 4.69) is 16.9 Å². The zero-order valence-corrected chi connectivity index (χ0v) is 9.39. The topological polar surface area (TPSA) is 98.1 Å². The molecular formula is C10H17N5O. The molecular weight excluding hydrogens is 206 g/mol. The fourth-order valence-corrected chi connectivity index (χ4v) is 1.35. The Bertz CT molecular complexity index is 355. The minimum Gasteiger partial charge on any atom is -0.368 e. The minimum absolute atomic E-state index is 0.149. The number of primary amides is 1.